The molecule has 1 nitrogen and oxygen atoms in total. The molecule has 6 heteroatoms. The van der Waals surface area contributed by atoms with Gasteiger partial charge in [-0.2, -0.15) is 0 Å². The highest BCUT2D eigenvalue weighted by molar-refractivity contribution is 9.10. The van der Waals surface area contributed by atoms with Gasteiger partial charge in [0, 0.05) is 14.9 Å². The summed E-state index contributed by atoms with van der Waals surface area (Å²) >= 11 is 16.6. The van der Waals surface area contributed by atoms with Crippen LogP contribution in [-0.2, 0) is 0 Å². The summed E-state index contributed by atoms with van der Waals surface area (Å²) in [5.41, 5.74) is 0.510. The lowest BCUT2D eigenvalue weighted by Gasteiger charge is -2.16. The molecule has 0 bridgehead atoms. The Morgan fingerprint density at radius 3 is 2.67 bits per heavy atom. The number of benzene rings is 1. The first-order valence-corrected chi connectivity index (χ1v) is 7.47. The highest BCUT2D eigenvalue weighted by Crippen LogP contribution is 2.38. The van der Waals surface area contributed by atoms with Crippen molar-refractivity contribution in [1.29, 1.82) is 0 Å². The lowest BCUT2D eigenvalue weighted by atomic mass is 10.1. The van der Waals surface area contributed by atoms with Crippen molar-refractivity contribution >= 4 is 50.5 Å². The second kappa shape index (κ2) is 5.88. The topological polar surface area (TPSA) is 12.0 Å². The number of halogens is 4. The molecular weight excluding hydrogens is 360 g/mol. The van der Waals surface area contributed by atoms with Crippen LogP contribution in [0.3, 0.4) is 0 Å². The summed E-state index contributed by atoms with van der Waals surface area (Å²) in [7, 11) is 1.77. The first-order chi connectivity index (χ1) is 8.54. The Labute approximate surface area is 127 Å². The van der Waals surface area contributed by atoms with Gasteiger partial charge in [0.25, 0.3) is 0 Å². The average Bonchev–Trinajstić information content (AvgIpc) is 2.66. The molecule has 1 heterocycles. The minimum absolute atomic E-state index is 0.120. The fourth-order valence-corrected chi connectivity index (χ4v) is 3.75. The SMILES string of the molecule is CNC(c1cc(Br)c(Cl)s1)c1cccc(Cl)c1F. The third kappa shape index (κ3) is 2.73. The molecule has 2 aromatic rings. The van der Waals surface area contributed by atoms with Gasteiger partial charge in [-0.25, -0.2) is 4.39 Å². The van der Waals surface area contributed by atoms with Crippen LogP contribution in [0.5, 0.6) is 0 Å². The van der Waals surface area contributed by atoms with Gasteiger partial charge < -0.3 is 5.32 Å². The molecule has 0 amide bonds. The van der Waals surface area contributed by atoms with Crippen LogP contribution in [-0.4, -0.2) is 7.05 Å². The normalized spacial score (nSPS) is 12.7. The predicted octanol–water partition coefficient (Wildman–Crippen LogP) is 5.27. The van der Waals surface area contributed by atoms with Crippen molar-refractivity contribution in [3.8, 4) is 0 Å². The van der Waals surface area contributed by atoms with Gasteiger partial charge in [-0.3, -0.25) is 0 Å². The van der Waals surface area contributed by atoms with Crippen LogP contribution in [0, 0.1) is 5.82 Å². The molecule has 0 saturated carbocycles. The van der Waals surface area contributed by atoms with Crippen molar-refractivity contribution < 1.29 is 4.39 Å². The molecule has 96 valence electrons. The maximum atomic E-state index is 14.0. The Bertz CT molecular complexity index is 554. The van der Waals surface area contributed by atoms with Crippen LogP contribution in [0.25, 0.3) is 0 Å². The molecule has 0 fully saturated rings. The highest BCUT2D eigenvalue weighted by Gasteiger charge is 2.20. The van der Waals surface area contributed by atoms with Gasteiger partial charge in [-0.05, 0) is 35.1 Å². The molecule has 1 unspecified atom stereocenters. The van der Waals surface area contributed by atoms with E-state index in [0.29, 0.717) is 9.90 Å². The van der Waals surface area contributed by atoms with Crippen molar-refractivity contribution in [2.24, 2.45) is 0 Å². The standard InChI is InChI=1S/C12H9BrCl2FNS/c1-17-11(9-5-7(13)12(15)18-9)6-3-2-4-8(14)10(6)16/h2-5,11,17H,1H3. The quantitative estimate of drug-likeness (QED) is 0.778. The maximum absolute atomic E-state index is 14.0. The Balaban J connectivity index is 2.48. The smallest absolute Gasteiger partial charge is 0.146 e. The summed E-state index contributed by atoms with van der Waals surface area (Å²) in [5.74, 6) is -0.404. The van der Waals surface area contributed by atoms with E-state index in [1.807, 2.05) is 6.07 Å². The van der Waals surface area contributed by atoms with Gasteiger partial charge in [0.2, 0.25) is 0 Å². The monoisotopic (exact) mass is 367 g/mol. The van der Waals surface area contributed by atoms with Crippen LogP contribution in [0.2, 0.25) is 9.36 Å². The molecule has 1 aromatic carbocycles. The van der Waals surface area contributed by atoms with Crippen LogP contribution < -0.4 is 5.32 Å². The van der Waals surface area contributed by atoms with E-state index in [4.69, 9.17) is 23.2 Å². The zero-order valence-electron chi connectivity index (χ0n) is 9.31. The number of hydrogen-bond donors (Lipinski definition) is 1. The first-order valence-electron chi connectivity index (χ1n) is 5.10. The molecule has 0 aliphatic carbocycles. The number of thiophene rings is 1. The molecule has 0 aliphatic rings. The van der Waals surface area contributed by atoms with E-state index < -0.39 is 5.82 Å². The Morgan fingerprint density at radius 1 is 1.39 bits per heavy atom. The van der Waals surface area contributed by atoms with E-state index in [1.54, 1.807) is 19.2 Å². The molecule has 18 heavy (non-hydrogen) atoms. The fraction of sp³-hybridized carbons (Fsp3) is 0.167. The molecule has 2 rings (SSSR count). The summed E-state index contributed by atoms with van der Waals surface area (Å²) in [6.45, 7) is 0. The third-order valence-electron chi connectivity index (χ3n) is 2.53. The van der Waals surface area contributed by atoms with Crippen LogP contribution in [0.4, 0.5) is 4.39 Å². The van der Waals surface area contributed by atoms with Gasteiger partial charge in [0.15, 0.2) is 0 Å². The average molecular weight is 369 g/mol. The van der Waals surface area contributed by atoms with Crippen molar-refractivity contribution in [3.05, 3.63) is 54.4 Å². The lowest BCUT2D eigenvalue weighted by Crippen LogP contribution is -2.17. The Kier molecular flexibility index (Phi) is 4.67. The summed E-state index contributed by atoms with van der Waals surface area (Å²) in [4.78, 5) is 0.926. The van der Waals surface area contributed by atoms with E-state index in [1.165, 1.54) is 17.4 Å². The van der Waals surface area contributed by atoms with Crippen molar-refractivity contribution in [1.82, 2.24) is 5.32 Å². The summed E-state index contributed by atoms with van der Waals surface area (Å²) < 4.78 is 15.5. The van der Waals surface area contributed by atoms with Gasteiger partial charge in [0.05, 0.1) is 11.1 Å². The Hall–Kier alpha value is -0.130. The van der Waals surface area contributed by atoms with E-state index in [9.17, 15) is 4.39 Å². The molecule has 1 N–H and O–H groups in total. The van der Waals surface area contributed by atoms with Crippen molar-refractivity contribution in [3.63, 3.8) is 0 Å². The van der Waals surface area contributed by atoms with E-state index in [2.05, 4.69) is 21.2 Å². The summed E-state index contributed by atoms with van der Waals surface area (Å²) in [6.07, 6.45) is 0. The molecule has 0 spiro atoms. The zero-order chi connectivity index (χ0) is 13.3. The Morgan fingerprint density at radius 2 is 2.11 bits per heavy atom. The molecule has 0 saturated heterocycles. The first kappa shape index (κ1) is 14.3. The second-order valence-corrected chi connectivity index (χ2v) is 6.58. The van der Waals surface area contributed by atoms with E-state index >= 15 is 0 Å². The fourth-order valence-electron chi connectivity index (χ4n) is 1.70. The zero-order valence-corrected chi connectivity index (χ0v) is 13.2. The van der Waals surface area contributed by atoms with Crippen LogP contribution >= 0.6 is 50.5 Å². The minimum atomic E-state index is -0.404. The van der Waals surface area contributed by atoms with Crippen LogP contribution in [0.15, 0.2) is 28.7 Å². The number of nitrogens with one attached hydrogen (secondary N) is 1. The molecule has 0 aliphatic heterocycles. The third-order valence-corrected chi connectivity index (χ3v) is 5.36. The molecule has 0 radical (unpaired) electrons. The van der Waals surface area contributed by atoms with Gasteiger partial charge in [0.1, 0.15) is 10.2 Å². The maximum Gasteiger partial charge on any atom is 0.146 e. The summed E-state index contributed by atoms with van der Waals surface area (Å²) in [6, 6.07) is 6.59. The van der Waals surface area contributed by atoms with Crippen molar-refractivity contribution in [2.75, 3.05) is 7.05 Å². The minimum Gasteiger partial charge on any atom is -0.309 e. The predicted molar refractivity (Wildman–Crippen MR) is 79.3 cm³/mol. The lowest BCUT2D eigenvalue weighted by molar-refractivity contribution is 0.579. The van der Waals surface area contributed by atoms with Gasteiger partial charge in [-0.15, -0.1) is 11.3 Å². The molecule has 1 aromatic heterocycles. The molecule has 1 atom stereocenters. The number of hydrogen-bond acceptors (Lipinski definition) is 2. The van der Waals surface area contributed by atoms with E-state index in [-0.39, 0.29) is 11.1 Å². The van der Waals surface area contributed by atoms with Crippen molar-refractivity contribution in [2.45, 2.75) is 6.04 Å². The largest absolute Gasteiger partial charge is 0.309 e. The van der Waals surface area contributed by atoms with E-state index in [0.717, 1.165) is 9.35 Å². The van der Waals surface area contributed by atoms with Gasteiger partial charge in [-0.1, -0.05) is 35.3 Å². The highest BCUT2D eigenvalue weighted by atomic mass is 79.9. The number of rotatable bonds is 3. The second-order valence-electron chi connectivity index (χ2n) is 3.64. The van der Waals surface area contributed by atoms with Crippen LogP contribution in [0.1, 0.15) is 16.5 Å². The molecular formula is C12H9BrCl2FNS. The van der Waals surface area contributed by atoms with Gasteiger partial charge >= 0.3 is 0 Å². The summed E-state index contributed by atoms with van der Waals surface area (Å²) in [5, 5.41) is 3.20.